The van der Waals surface area contributed by atoms with Crippen LogP contribution in [0.25, 0.3) is 0 Å². The second-order valence-corrected chi connectivity index (χ2v) is 11.3. The van der Waals surface area contributed by atoms with E-state index in [2.05, 4.69) is 46.4 Å². The Hall–Kier alpha value is -2.36. The summed E-state index contributed by atoms with van der Waals surface area (Å²) in [5.41, 5.74) is 2.09. The zero-order valence-electron chi connectivity index (χ0n) is 26.3. The molecule has 2 aromatic rings. The maximum Gasteiger partial charge on any atom is 0.308 e. The summed E-state index contributed by atoms with van der Waals surface area (Å²) < 4.78 is 17.4. The van der Waals surface area contributed by atoms with Gasteiger partial charge >= 0.3 is 5.97 Å². The Morgan fingerprint density at radius 2 is 1.60 bits per heavy atom. The van der Waals surface area contributed by atoms with Gasteiger partial charge in [-0.25, -0.2) is 4.39 Å². The molecule has 0 aliphatic rings. The highest BCUT2D eigenvalue weighted by atomic mass is 32.2. The molecule has 224 valence electrons. The van der Waals surface area contributed by atoms with Crippen LogP contribution < -0.4 is 4.74 Å². The lowest BCUT2D eigenvalue weighted by molar-refractivity contribution is -0.131. The summed E-state index contributed by atoms with van der Waals surface area (Å²) in [4.78, 5) is 14.1. The molecule has 0 bridgehead atoms. The van der Waals surface area contributed by atoms with Crippen LogP contribution in [0, 0.1) is 29.3 Å². The number of halogens is 1. The molecule has 4 nitrogen and oxygen atoms in total. The molecule has 0 amide bonds. The van der Waals surface area contributed by atoms with Gasteiger partial charge in [0.05, 0.1) is 0 Å². The first-order valence-electron chi connectivity index (χ1n) is 14.9. The van der Waals surface area contributed by atoms with Gasteiger partial charge in [0.15, 0.2) is 0 Å². The van der Waals surface area contributed by atoms with Crippen LogP contribution in [-0.4, -0.2) is 30.5 Å². The van der Waals surface area contributed by atoms with Crippen molar-refractivity contribution in [2.24, 2.45) is 5.92 Å². The third kappa shape index (κ3) is 18.1. The number of thioether (sulfide) groups is 1. The Bertz CT molecular complexity index is 969. The number of ether oxygens (including phenoxy) is 1. The smallest absolute Gasteiger partial charge is 0.308 e. The van der Waals surface area contributed by atoms with Crippen molar-refractivity contribution in [1.29, 1.82) is 5.26 Å². The van der Waals surface area contributed by atoms with Crippen LogP contribution in [-0.2, 0) is 4.79 Å². The van der Waals surface area contributed by atoms with Gasteiger partial charge < -0.3 is 9.64 Å². The van der Waals surface area contributed by atoms with E-state index in [1.54, 1.807) is 6.07 Å². The molecular formula is C34H53FN2O2S. The van der Waals surface area contributed by atoms with Crippen molar-refractivity contribution in [2.45, 2.75) is 111 Å². The van der Waals surface area contributed by atoms with E-state index in [9.17, 15) is 9.18 Å². The van der Waals surface area contributed by atoms with Crippen molar-refractivity contribution in [3.63, 3.8) is 0 Å². The molecule has 0 fully saturated rings. The number of unbranched alkanes of at least 4 members (excludes halogenated alkanes) is 1. The summed E-state index contributed by atoms with van der Waals surface area (Å²) in [6.45, 7) is 20.6. The second kappa shape index (κ2) is 23.4. The number of carbonyl (C=O) groups excluding carboxylic acids is 1. The molecule has 2 unspecified atom stereocenters. The summed E-state index contributed by atoms with van der Waals surface area (Å²) in [7, 11) is 0. The van der Waals surface area contributed by atoms with Crippen LogP contribution in [0.4, 0.5) is 4.39 Å². The molecule has 0 aromatic heterocycles. The quantitative estimate of drug-likeness (QED) is 0.0741. The average molecular weight is 573 g/mol. The highest BCUT2D eigenvalue weighted by Gasteiger charge is 2.05. The molecular weight excluding hydrogens is 519 g/mol. The topological polar surface area (TPSA) is 53.3 Å². The van der Waals surface area contributed by atoms with E-state index < -0.39 is 0 Å². The average Bonchev–Trinajstić information content (AvgIpc) is 2.93. The van der Waals surface area contributed by atoms with Crippen molar-refractivity contribution < 1.29 is 13.9 Å². The minimum absolute atomic E-state index is 0.156. The highest BCUT2D eigenvalue weighted by molar-refractivity contribution is 8.03. The molecule has 0 spiro atoms. The zero-order valence-corrected chi connectivity index (χ0v) is 27.1. The number of nitriles is 1. The van der Waals surface area contributed by atoms with Crippen molar-refractivity contribution in [2.75, 3.05) is 19.6 Å². The zero-order chi connectivity index (χ0) is 30.3. The number of esters is 1. The van der Waals surface area contributed by atoms with Crippen LogP contribution in [0.5, 0.6) is 5.75 Å². The Morgan fingerprint density at radius 1 is 0.975 bits per heavy atom. The number of hydrogen-bond donors (Lipinski definition) is 0. The minimum Gasteiger partial charge on any atom is -0.426 e. The molecule has 0 radical (unpaired) electrons. The van der Waals surface area contributed by atoms with Crippen LogP contribution >= 0.6 is 11.8 Å². The van der Waals surface area contributed by atoms with Crippen molar-refractivity contribution in [3.8, 4) is 11.2 Å². The van der Waals surface area contributed by atoms with Crippen LogP contribution in [0.2, 0.25) is 0 Å². The maximum atomic E-state index is 12.5. The van der Waals surface area contributed by atoms with E-state index in [-0.39, 0.29) is 11.8 Å². The number of hydrogen-bond acceptors (Lipinski definition) is 5. The third-order valence-corrected chi connectivity index (χ3v) is 7.41. The standard InChI is InChI=1S/C14H31N.C10H13F.C10H9NO2S/c1-5-11-15(12-6-2)13-9-8-10-14(4)7-3;1-3-8(2)9-4-6-10(11)7-5-9;1-7-3-4-9(14-6-11)5-10(7)13-8(2)12/h14H,5-13H2,1-4H3;4-8H,3H2,1-2H3;3-5H,1-2H3. The van der Waals surface area contributed by atoms with Gasteiger partial charge in [0, 0.05) is 11.8 Å². The van der Waals surface area contributed by atoms with Gasteiger partial charge in [-0.05, 0) is 111 Å². The van der Waals surface area contributed by atoms with Crippen molar-refractivity contribution >= 4 is 17.7 Å². The monoisotopic (exact) mass is 572 g/mol. The normalized spacial score (nSPS) is 11.8. The van der Waals surface area contributed by atoms with Gasteiger partial charge in [0.25, 0.3) is 0 Å². The van der Waals surface area contributed by atoms with Crippen LogP contribution in [0.1, 0.15) is 110 Å². The highest BCUT2D eigenvalue weighted by Crippen LogP contribution is 2.25. The summed E-state index contributed by atoms with van der Waals surface area (Å²) >= 11 is 1.04. The predicted octanol–water partition coefficient (Wildman–Crippen LogP) is 10.2. The molecule has 2 rings (SSSR count). The summed E-state index contributed by atoms with van der Waals surface area (Å²) in [6, 6.07) is 12.1. The van der Waals surface area contributed by atoms with Gasteiger partial charge in [0.2, 0.25) is 0 Å². The maximum absolute atomic E-state index is 12.5. The van der Waals surface area contributed by atoms with E-state index in [0.29, 0.717) is 11.7 Å². The molecule has 6 heteroatoms. The number of benzene rings is 2. The molecule has 0 aliphatic carbocycles. The number of nitrogens with zero attached hydrogens (tertiary/aromatic N) is 2. The van der Waals surface area contributed by atoms with Crippen LogP contribution in [0.15, 0.2) is 47.4 Å². The van der Waals surface area contributed by atoms with E-state index in [1.165, 1.54) is 82.8 Å². The molecule has 0 heterocycles. The summed E-state index contributed by atoms with van der Waals surface area (Å²) in [5.74, 6) is 1.47. The predicted molar refractivity (Wildman–Crippen MR) is 169 cm³/mol. The Kier molecular flexibility index (Phi) is 22.0. The molecule has 0 aliphatic heterocycles. The Morgan fingerprint density at radius 3 is 2.10 bits per heavy atom. The van der Waals surface area contributed by atoms with Gasteiger partial charge in [-0.1, -0.05) is 79.0 Å². The van der Waals surface area contributed by atoms with Gasteiger partial charge in [0.1, 0.15) is 17.0 Å². The minimum atomic E-state index is -0.354. The molecule has 2 aromatic carbocycles. The number of aryl methyl sites for hydroxylation is 1. The number of thiocyanates is 1. The SMILES string of the molecule is CC(=O)Oc1cc(SC#N)ccc1C.CCC(C)c1ccc(F)cc1.CCCN(CCC)CCCCC(C)CC. The molecule has 40 heavy (non-hydrogen) atoms. The van der Waals surface area contributed by atoms with E-state index in [0.717, 1.165) is 34.6 Å². The first kappa shape index (κ1) is 37.6. The fourth-order valence-electron chi connectivity index (χ4n) is 3.99. The van der Waals surface area contributed by atoms with E-state index >= 15 is 0 Å². The van der Waals surface area contributed by atoms with Gasteiger partial charge in [-0.2, -0.15) is 5.26 Å². The Balaban J connectivity index is 0.000000576. The summed E-state index contributed by atoms with van der Waals surface area (Å²) in [6.07, 6.45) is 9.27. The molecule has 0 N–H and O–H groups in total. The first-order valence-corrected chi connectivity index (χ1v) is 15.8. The largest absolute Gasteiger partial charge is 0.426 e. The number of carbonyl (C=O) groups is 1. The first-order chi connectivity index (χ1) is 19.1. The lowest BCUT2D eigenvalue weighted by Gasteiger charge is -2.21. The van der Waals surface area contributed by atoms with Gasteiger partial charge in [-0.3, -0.25) is 4.79 Å². The molecule has 0 saturated carbocycles. The summed E-state index contributed by atoms with van der Waals surface area (Å²) in [5, 5.41) is 10.4. The lowest BCUT2D eigenvalue weighted by atomic mass is 9.99. The fraction of sp³-hybridized carbons (Fsp3) is 0.588. The van der Waals surface area contributed by atoms with Crippen molar-refractivity contribution in [3.05, 3.63) is 59.4 Å². The fourth-order valence-corrected chi connectivity index (χ4v) is 4.40. The van der Waals surface area contributed by atoms with E-state index in [1.807, 2.05) is 36.6 Å². The molecule has 2 atom stereocenters. The van der Waals surface area contributed by atoms with E-state index in [4.69, 9.17) is 10.00 Å². The third-order valence-electron chi connectivity index (χ3n) is 6.83. The van der Waals surface area contributed by atoms with Crippen molar-refractivity contribution in [1.82, 2.24) is 4.90 Å². The van der Waals surface area contributed by atoms with Gasteiger partial charge in [-0.15, -0.1) is 0 Å². The molecule has 0 saturated heterocycles. The number of rotatable bonds is 14. The Labute approximate surface area is 248 Å². The second-order valence-electron chi connectivity index (χ2n) is 10.4. The van der Waals surface area contributed by atoms with Crippen LogP contribution in [0.3, 0.4) is 0 Å². The lowest BCUT2D eigenvalue weighted by Crippen LogP contribution is -2.26.